The van der Waals surface area contributed by atoms with Crippen molar-refractivity contribution >= 4 is 10.9 Å². The van der Waals surface area contributed by atoms with Crippen LogP contribution in [0.3, 0.4) is 0 Å². The molecule has 90 valence electrons. The summed E-state index contributed by atoms with van der Waals surface area (Å²) in [4.78, 5) is 4.44. The van der Waals surface area contributed by atoms with Gasteiger partial charge in [-0.3, -0.25) is 4.98 Å². The Bertz CT molecular complexity index is 667. The predicted octanol–water partition coefficient (Wildman–Crippen LogP) is 2.14. The maximum absolute atomic E-state index is 4.53. The van der Waals surface area contributed by atoms with E-state index in [0.717, 1.165) is 28.8 Å². The summed E-state index contributed by atoms with van der Waals surface area (Å²) in [5, 5.41) is 8.75. The Balaban J connectivity index is 2.12. The summed E-state index contributed by atoms with van der Waals surface area (Å²) in [6, 6.07) is 12.1. The highest BCUT2D eigenvalue weighted by atomic mass is 15.3. The van der Waals surface area contributed by atoms with Crippen molar-refractivity contribution in [2.24, 2.45) is 0 Å². The molecule has 1 N–H and O–H groups in total. The van der Waals surface area contributed by atoms with Crippen LogP contribution in [0.5, 0.6) is 0 Å². The molecule has 4 heteroatoms. The van der Waals surface area contributed by atoms with Gasteiger partial charge in [0.25, 0.3) is 0 Å². The van der Waals surface area contributed by atoms with Crippen molar-refractivity contribution in [3.8, 4) is 5.69 Å². The Labute approximate surface area is 105 Å². The van der Waals surface area contributed by atoms with E-state index in [2.05, 4.69) is 27.5 Å². The standard InChI is InChI=1S/C14H14N4/c1-15-10-12-7-9-18(17-12)13-6-2-4-11-5-3-8-16-14(11)13/h2-9,15H,10H2,1H3. The van der Waals surface area contributed by atoms with Gasteiger partial charge < -0.3 is 5.32 Å². The third-order valence-corrected chi connectivity index (χ3v) is 2.86. The van der Waals surface area contributed by atoms with Crippen molar-refractivity contribution in [2.45, 2.75) is 6.54 Å². The van der Waals surface area contributed by atoms with Crippen molar-refractivity contribution in [2.75, 3.05) is 7.05 Å². The molecule has 2 heterocycles. The first kappa shape index (κ1) is 10.9. The number of fused-ring (bicyclic) bond motifs is 1. The molecule has 18 heavy (non-hydrogen) atoms. The van der Waals surface area contributed by atoms with Crippen LogP contribution in [0.4, 0.5) is 0 Å². The Kier molecular flexibility index (Phi) is 2.78. The predicted molar refractivity (Wildman–Crippen MR) is 71.6 cm³/mol. The minimum Gasteiger partial charge on any atom is -0.314 e. The van der Waals surface area contributed by atoms with E-state index in [4.69, 9.17) is 0 Å². The monoisotopic (exact) mass is 238 g/mol. The topological polar surface area (TPSA) is 42.7 Å². The van der Waals surface area contributed by atoms with Gasteiger partial charge in [0.15, 0.2) is 0 Å². The second-order valence-electron chi connectivity index (χ2n) is 4.13. The maximum atomic E-state index is 4.53. The van der Waals surface area contributed by atoms with Gasteiger partial charge in [-0.1, -0.05) is 18.2 Å². The zero-order valence-corrected chi connectivity index (χ0v) is 10.2. The van der Waals surface area contributed by atoms with Gasteiger partial charge in [0.05, 0.1) is 16.9 Å². The van der Waals surface area contributed by atoms with Gasteiger partial charge in [0.2, 0.25) is 0 Å². The Morgan fingerprint density at radius 2 is 2.06 bits per heavy atom. The number of aromatic nitrogens is 3. The number of benzene rings is 1. The zero-order valence-electron chi connectivity index (χ0n) is 10.2. The second-order valence-corrected chi connectivity index (χ2v) is 4.13. The molecule has 0 unspecified atom stereocenters. The largest absolute Gasteiger partial charge is 0.314 e. The minimum atomic E-state index is 0.769. The Morgan fingerprint density at radius 3 is 2.94 bits per heavy atom. The minimum absolute atomic E-state index is 0.769. The molecular formula is C14H14N4. The molecule has 1 aromatic carbocycles. The van der Waals surface area contributed by atoms with E-state index in [1.54, 1.807) is 0 Å². The molecule has 0 spiro atoms. The number of pyridine rings is 1. The lowest BCUT2D eigenvalue weighted by Gasteiger charge is -2.05. The van der Waals surface area contributed by atoms with E-state index in [9.17, 15) is 0 Å². The molecule has 3 aromatic rings. The number of nitrogens with one attached hydrogen (secondary N) is 1. The number of nitrogens with zero attached hydrogens (tertiary/aromatic N) is 3. The van der Waals surface area contributed by atoms with Crippen molar-refractivity contribution < 1.29 is 0 Å². The maximum Gasteiger partial charge on any atom is 0.0958 e. The summed E-state index contributed by atoms with van der Waals surface area (Å²) in [5.74, 6) is 0. The molecule has 0 saturated carbocycles. The molecule has 2 aromatic heterocycles. The van der Waals surface area contributed by atoms with Gasteiger partial charge in [-0.05, 0) is 25.2 Å². The second kappa shape index (κ2) is 4.58. The molecule has 0 saturated heterocycles. The van der Waals surface area contributed by atoms with Gasteiger partial charge >= 0.3 is 0 Å². The van der Waals surface area contributed by atoms with Gasteiger partial charge in [0.1, 0.15) is 0 Å². The average molecular weight is 238 g/mol. The number of hydrogen-bond acceptors (Lipinski definition) is 3. The molecule has 0 fully saturated rings. The van der Waals surface area contributed by atoms with Crippen LogP contribution in [0.2, 0.25) is 0 Å². The molecule has 3 rings (SSSR count). The molecule has 0 bridgehead atoms. The highest BCUT2D eigenvalue weighted by Gasteiger charge is 2.05. The quantitative estimate of drug-likeness (QED) is 0.760. The fourth-order valence-electron chi connectivity index (χ4n) is 2.04. The molecule has 0 aliphatic carbocycles. The van der Waals surface area contributed by atoms with E-state index in [1.165, 1.54) is 0 Å². The molecule has 0 radical (unpaired) electrons. The Hall–Kier alpha value is -2.20. The van der Waals surface area contributed by atoms with E-state index >= 15 is 0 Å². The lowest BCUT2D eigenvalue weighted by molar-refractivity contribution is 0.758. The molecule has 0 aliphatic heterocycles. The van der Waals surface area contributed by atoms with E-state index in [-0.39, 0.29) is 0 Å². The molecule has 0 aliphatic rings. The third-order valence-electron chi connectivity index (χ3n) is 2.86. The summed E-state index contributed by atoms with van der Waals surface area (Å²) >= 11 is 0. The van der Waals surface area contributed by atoms with Gasteiger partial charge in [-0.25, -0.2) is 4.68 Å². The van der Waals surface area contributed by atoms with E-state index in [1.807, 2.05) is 48.4 Å². The summed E-state index contributed by atoms with van der Waals surface area (Å²) in [7, 11) is 1.92. The Morgan fingerprint density at radius 1 is 1.17 bits per heavy atom. The van der Waals surface area contributed by atoms with Crippen LogP contribution in [0, 0.1) is 0 Å². The number of para-hydroxylation sites is 1. The van der Waals surface area contributed by atoms with Gasteiger partial charge in [-0.15, -0.1) is 0 Å². The first-order chi connectivity index (χ1) is 8.88. The van der Waals surface area contributed by atoms with Crippen LogP contribution in [0.25, 0.3) is 16.6 Å². The fraction of sp³-hybridized carbons (Fsp3) is 0.143. The zero-order chi connectivity index (χ0) is 12.4. The molecule has 0 atom stereocenters. The van der Waals surface area contributed by atoms with E-state index in [0.29, 0.717) is 0 Å². The normalized spacial score (nSPS) is 10.9. The molecule has 4 nitrogen and oxygen atoms in total. The lowest BCUT2D eigenvalue weighted by atomic mass is 10.2. The van der Waals surface area contributed by atoms with Crippen molar-refractivity contribution in [1.29, 1.82) is 0 Å². The van der Waals surface area contributed by atoms with Crippen LogP contribution in [-0.4, -0.2) is 21.8 Å². The van der Waals surface area contributed by atoms with Crippen LogP contribution >= 0.6 is 0 Å². The SMILES string of the molecule is CNCc1ccn(-c2cccc3cccnc23)n1. The fourth-order valence-corrected chi connectivity index (χ4v) is 2.04. The highest BCUT2D eigenvalue weighted by molar-refractivity contribution is 5.86. The van der Waals surface area contributed by atoms with Crippen LogP contribution in [0.15, 0.2) is 48.8 Å². The summed E-state index contributed by atoms with van der Waals surface area (Å²) in [6.45, 7) is 0.769. The smallest absolute Gasteiger partial charge is 0.0958 e. The van der Waals surface area contributed by atoms with Crippen molar-refractivity contribution in [1.82, 2.24) is 20.1 Å². The summed E-state index contributed by atoms with van der Waals surface area (Å²) in [6.07, 6.45) is 3.78. The van der Waals surface area contributed by atoms with Crippen LogP contribution in [0.1, 0.15) is 5.69 Å². The molecular weight excluding hydrogens is 224 g/mol. The van der Waals surface area contributed by atoms with Crippen LogP contribution < -0.4 is 5.32 Å². The highest BCUT2D eigenvalue weighted by Crippen LogP contribution is 2.19. The van der Waals surface area contributed by atoms with Crippen molar-refractivity contribution in [3.63, 3.8) is 0 Å². The number of rotatable bonds is 3. The van der Waals surface area contributed by atoms with Crippen LogP contribution in [-0.2, 0) is 6.54 Å². The lowest BCUT2D eigenvalue weighted by Crippen LogP contribution is -2.06. The first-order valence-electron chi connectivity index (χ1n) is 5.92. The van der Waals surface area contributed by atoms with Crippen molar-refractivity contribution in [3.05, 3.63) is 54.5 Å². The number of hydrogen-bond donors (Lipinski definition) is 1. The van der Waals surface area contributed by atoms with E-state index < -0.39 is 0 Å². The molecule has 0 amide bonds. The summed E-state index contributed by atoms with van der Waals surface area (Å²) < 4.78 is 1.88. The first-order valence-corrected chi connectivity index (χ1v) is 5.92. The van der Waals surface area contributed by atoms with Gasteiger partial charge in [-0.2, -0.15) is 5.10 Å². The average Bonchev–Trinajstić information content (AvgIpc) is 2.87. The van der Waals surface area contributed by atoms with Gasteiger partial charge in [0, 0.05) is 24.3 Å². The summed E-state index contributed by atoms with van der Waals surface area (Å²) in [5.41, 5.74) is 3.00. The third kappa shape index (κ3) is 1.87.